The zero-order valence-electron chi connectivity index (χ0n) is 12.8. The first-order valence-electron chi connectivity index (χ1n) is 6.86. The number of likely N-dealkylation sites (N-methyl/N-ethyl adjacent to an activating group) is 1. The Labute approximate surface area is 141 Å². The molecule has 7 heteroatoms. The van der Waals surface area contributed by atoms with Crippen LogP contribution in [0.3, 0.4) is 0 Å². The fourth-order valence-corrected chi connectivity index (χ4v) is 3.68. The third-order valence-corrected chi connectivity index (χ3v) is 5.32. The van der Waals surface area contributed by atoms with Gasteiger partial charge in [0.25, 0.3) is 10.0 Å². The highest BCUT2D eigenvalue weighted by molar-refractivity contribution is 7.92. The summed E-state index contributed by atoms with van der Waals surface area (Å²) < 4.78 is 26.9. The van der Waals surface area contributed by atoms with E-state index >= 15 is 0 Å². The van der Waals surface area contributed by atoms with E-state index in [0.29, 0.717) is 0 Å². The minimum absolute atomic E-state index is 0.103. The van der Waals surface area contributed by atoms with Crippen molar-refractivity contribution in [2.75, 3.05) is 24.9 Å². The Morgan fingerprint density at radius 3 is 2.13 bits per heavy atom. The van der Waals surface area contributed by atoms with Gasteiger partial charge >= 0.3 is 0 Å². The van der Waals surface area contributed by atoms with Crippen molar-refractivity contribution in [1.82, 2.24) is 4.90 Å². The second-order valence-electron chi connectivity index (χ2n) is 5.06. The van der Waals surface area contributed by atoms with Gasteiger partial charge in [-0.1, -0.05) is 41.9 Å². The number of rotatable bonds is 5. The zero-order chi connectivity index (χ0) is 17.0. The largest absolute Gasteiger partial charge is 0.347 e. The van der Waals surface area contributed by atoms with Crippen LogP contribution in [0.2, 0.25) is 5.02 Å². The van der Waals surface area contributed by atoms with E-state index in [0.717, 1.165) is 4.31 Å². The molecule has 1 amide bonds. The summed E-state index contributed by atoms with van der Waals surface area (Å²) in [7, 11) is -0.760. The van der Waals surface area contributed by atoms with Gasteiger partial charge in [0.2, 0.25) is 5.91 Å². The number of para-hydroxylation sites is 1. The second-order valence-corrected chi connectivity index (χ2v) is 7.33. The highest BCUT2D eigenvalue weighted by Crippen LogP contribution is 2.30. The van der Waals surface area contributed by atoms with Crippen molar-refractivity contribution < 1.29 is 13.2 Å². The van der Waals surface area contributed by atoms with Gasteiger partial charge in [0.05, 0.1) is 15.6 Å². The van der Waals surface area contributed by atoms with E-state index < -0.39 is 10.0 Å². The van der Waals surface area contributed by atoms with Crippen molar-refractivity contribution in [3.05, 3.63) is 59.6 Å². The number of amides is 1. The molecule has 0 aliphatic rings. The minimum atomic E-state index is -3.90. The molecule has 0 radical (unpaired) electrons. The first-order chi connectivity index (χ1) is 10.8. The quantitative estimate of drug-likeness (QED) is 0.831. The normalized spacial score (nSPS) is 11.1. The van der Waals surface area contributed by atoms with E-state index in [-0.39, 0.29) is 28.1 Å². The van der Waals surface area contributed by atoms with E-state index in [2.05, 4.69) is 0 Å². The van der Waals surface area contributed by atoms with Gasteiger partial charge in [-0.05, 0) is 24.3 Å². The Kier molecular flexibility index (Phi) is 5.28. The van der Waals surface area contributed by atoms with Crippen LogP contribution in [0.25, 0.3) is 0 Å². The molecule has 2 aromatic carbocycles. The second kappa shape index (κ2) is 7.02. The van der Waals surface area contributed by atoms with Crippen LogP contribution in [0.4, 0.5) is 5.69 Å². The highest BCUT2D eigenvalue weighted by Gasteiger charge is 2.28. The van der Waals surface area contributed by atoms with Crippen LogP contribution in [0.15, 0.2) is 59.5 Å². The zero-order valence-corrected chi connectivity index (χ0v) is 14.4. The maximum absolute atomic E-state index is 12.9. The molecule has 0 aliphatic heterocycles. The third-order valence-electron chi connectivity index (χ3n) is 3.23. The molecule has 122 valence electrons. The van der Waals surface area contributed by atoms with Gasteiger partial charge in [-0.3, -0.25) is 9.10 Å². The Morgan fingerprint density at radius 2 is 1.57 bits per heavy atom. The van der Waals surface area contributed by atoms with Crippen LogP contribution in [0.5, 0.6) is 0 Å². The molecule has 0 spiro atoms. The smallest absolute Gasteiger partial charge is 0.264 e. The number of halogens is 1. The average molecular weight is 353 g/mol. The van der Waals surface area contributed by atoms with Crippen LogP contribution in [0.1, 0.15) is 0 Å². The van der Waals surface area contributed by atoms with E-state index in [1.807, 2.05) is 0 Å². The summed E-state index contributed by atoms with van der Waals surface area (Å²) in [5, 5.41) is 0.263. The molecule has 0 bridgehead atoms. The molecular weight excluding hydrogens is 336 g/mol. The van der Waals surface area contributed by atoms with E-state index in [9.17, 15) is 13.2 Å². The van der Waals surface area contributed by atoms with Crippen LogP contribution >= 0.6 is 11.6 Å². The Hall–Kier alpha value is -2.05. The topological polar surface area (TPSA) is 57.7 Å². The maximum atomic E-state index is 12.9. The van der Waals surface area contributed by atoms with Gasteiger partial charge in [-0.15, -0.1) is 0 Å². The lowest BCUT2D eigenvalue weighted by molar-refractivity contribution is -0.127. The number of hydrogen-bond acceptors (Lipinski definition) is 3. The summed E-state index contributed by atoms with van der Waals surface area (Å²) in [6.07, 6.45) is 0. The third kappa shape index (κ3) is 3.83. The molecule has 0 aromatic heterocycles. The Morgan fingerprint density at radius 1 is 1.00 bits per heavy atom. The summed E-state index contributed by atoms with van der Waals surface area (Å²) >= 11 is 6.14. The van der Waals surface area contributed by atoms with Crippen molar-refractivity contribution in [1.29, 1.82) is 0 Å². The summed E-state index contributed by atoms with van der Waals surface area (Å²) in [5.41, 5.74) is 0.271. The molecule has 0 saturated carbocycles. The highest BCUT2D eigenvalue weighted by atomic mass is 35.5. The van der Waals surface area contributed by atoms with Crippen molar-refractivity contribution in [2.45, 2.75) is 4.90 Å². The van der Waals surface area contributed by atoms with Gasteiger partial charge in [-0.2, -0.15) is 0 Å². The van der Waals surface area contributed by atoms with E-state index in [1.54, 1.807) is 56.6 Å². The number of nitrogens with zero attached hydrogens (tertiary/aromatic N) is 2. The van der Waals surface area contributed by atoms with Crippen molar-refractivity contribution in [2.24, 2.45) is 0 Å². The molecule has 0 unspecified atom stereocenters. The molecule has 0 fully saturated rings. The summed E-state index contributed by atoms with van der Waals surface area (Å²) in [6, 6.07) is 14.5. The molecule has 5 nitrogen and oxygen atoms in total. The SMILES string of the molecule is CN(C)C(=O)CN(c1ccccc1Cl)S(=O)(=O)c1ccccc1. The van der Waals surface area contributed by atoms with Gasteiger partial charge in [0.15, 0.2) is 0 Å². The van der Waals surface area contributed by atoms with Gasteiger partial charge in [-0.25, -0.2) is 8.42 Å². The molecular formula is C16H17ClN2O3S. The summed E-state index contributed by atoms with van der Waals surface area (Å²) in [5.74, 6) is -0.343. The molecule has 0 saturated heterocycles. The monoisotopic (exact) mass is 352 g/mol. The maximum Gasteiger partial charge on any atom is 0.264 e. The summed E-state index contributed by atoms with van der Waals surface area (Å²) in [4.78, 5) is 13.5. The Bertz CT molecular complexity index is 792. The Balaban J connectivity index is 2.54. The van der Waals surface area contributed by atoms with Crippen molar-refractivity contribution in [3.63, 3.8) is 0 Å². The van der Waals surface area contributed by atoms with Crippen molar-refractivity contribution >= 4 is 33.2 Å². The molecule has 0 heterocycles. The lowest BCUT2D eigenvalue weighted by atomic mass is 10.3. The van der Waals surface area contributed by atoms with Crippen LogP contribution in [-0.4, -0.2) is 39.9 Å². The first-order valence-corrected chi connectivity index (χ1v) is 8.68. The molecule has 0 atom stereocenters. The predicted molar refractivity (Wildman–Crippen MR) is 91.1 cm³/mol. The van der Waals surface area contributed by atoms with Gasteiger partial charge in [0, 0.05) is 14.1 Å². The average Bonchev–Trinajstić information content (AvgIpc) is 2.53. The van der Waals surface area contributed by atoms with E-state index in [4.69, 9.17) is 11.6 Å². The lowest BCUT2D eigenvalue weighted by Crippen LogP contribution is -2.40. The molecule has 0 aliphatic carbocycles. The number of benzene rings is 2. The molecule has 23 heavy (non-hydrogen) atoms. The number of anilines is 1. The standard InChI is InChI=1S/C16H17ClN2O3S/c1-18(2)16(20)12-19(15-11-7-6-10-14(15)17)23(21,22)13-8-4-3-5-9-13/h3-11H,12H2,1-2H3. The first kappa shape index (κ1) is 17.3. The fraction of sp³-hybridized carbons (Fsp3) is 0.188. The molecule has 2 aromatic rings. The van der Waals surface area contributed by atoms with E-state index in [1.165, 1.54) is 17.0 Å². The minimum Gasteiger partial charge on any atom is -0.347 e. The number of carbonyl (C=O) groups excluding carboxylic acids is 1. The number of sulfonamides is 1. The van der Waals surface area contributed by atoms with Crippen LogP contribution < -0.4 is 4.31 Å². The van der Waals surface area contributed by atoms with Crippen molar-refractivity contribution in [3.8, 4) is 0 Å². The van der Waals surface area contributed by atoms with Gasteiger partial charge in [0.1, 0.15) is 6.54 Å². The lowest BCUT2D eigenvalue weighted by Gasteiger charge is -2.26. The predicted octanol–water partition coefficient (Wildman–Crippen LogP) is 2.62. The number of hydrogen-bond donors (Lipinski definition) is 0. The summed E-state index contributed by atoms with van der Waals surface area (Å²) in [6.45, 7) is -0.325. The number of carbonyl (C=O) groups is 1. The van der Waals surface area contributed by atoms with Crippen LogP contribution in [0, 0.1) is 0 Å². The molecule has 0 N–H and O–H groups in total. The fourth-order valence-electron chi connectivity index (χ4n) is 1.94. The van der Waals surface area contributed by atoms with Crippen LogP contribution in [-0.2, 0) is 14.8 Å². The molecule has 2 rings (SSSR count). The van der Waals surface area contributed by atoms with Gasteiger partial charge < -0.3 is 4.90 Å².